The van der Waals surface area contributed by atoms with Crippen molar-refractivity contribution in [3.05, 3.63) is 29.3 Å². The molecule has 1 fully saturated rings. The minimum absolute atomic E-state index is 0.148. The summed E-state index contributed by atoms with van der Waals surface area (Å²) in [5.74, 6) is -0.882. The highest BCUT2D eigenvalue weighted by Crippen LogP contribution is 2.45. The van der Waals surface area contributed by atoms with Gasteiger partial charge in [0.15, 0.2) is 0 Å². The molecule has 0 spiro atoms. The van der Waals surface area contributed by atoms with Crippen molar-refractivity contribution >= 4 is 23.6 Å². The van der Waals surface area contributed by atoms with Crippen LogP contribution in [0.3, 0.4) is 0 Å². The van der Waals surface area contributed by atoms with Crippen LogP contribution in [0.4, 0.5) is 10.5 Å². The highest BCUT2D eigenvalue weighted by molar-refractivity contribution is 6.00. The van der Waals surface area contributed by atoms with E-state index in [2.05, 4.69) is 16.0 Å². The van der Waals surface area contributed by atoms with Crippen LogP contribution < -0.4 is 16.0 Å². The average Bonchev–Trinajstić information content (AvgIpc) is 3.17. The van der Waals surface area contributed by atoms with Crippen molar-refractivity contribution < 1.29 is 48.3 Å². The number of carbonyl (C=O) groups excluding carboxylic acids is 3. The SMILES string of the molecule is CC(C)(C)OC(=O)NCCOCCOCCOCCOCCNc1cccc2c1C(O)N(C1CCC(=O)NC1=O)C2O. The van der Waals surface area contributed by atoms with E-state index in [0.29, 0.717) is 82.8 Å². The summed E-state index contributed by atoms with van der Waals surface area (Å²) < 4.78 is 27.0. The second-order valence-corrected chi connectivity index (χ2v) is 10.8. The molecule has 3 atom stereocenters. The van der Waals surface area contributed by atoms with Crippen molar-refractivity contribution in [3.63, 3.8) is 0 Å². The topological polar surface area (TPSA) is 177 Å². The van der Waals surface area contributed by atoms with Crippen molar-refractivity contribution in [1.82, 2.24) is 15.5 Å². The second kappa shape index (κ2) is 16.7. The van der Waals surface area contributed by atoms with E-state index in [4.69, 9.17) is 23.7 Å². The highest BCUT2D eigenvalue weighted by Gasteiger charge is 2.45. The fourth-order valence-corrected chi connectivity index (χ4v) is 4.56. The number of nitrogens with one attached hydrogen (secondary N) is 3. The van der Waals surface area contributed by atoms with Gasteiger partial charge in [-0.3, -0.25) is 14.9 Å². The van der Waals surface area contributed by atoms with Gasteiger partial charge < -0.3 is 44.5 Å². The van der Waals surface area contributed by atoms with Gasteiger partial charge in [-0.15, -0.1) is 0 Å². The molecule has 0 aromatic heterocycles. The van der Waals surface area contributed by atoms with Crippen LogP contribution in [-0.2, 0) is 33.3 Å². The molecule has 236 valence electrons. The van der Waals surface area contributed by atoms with Crippen LogP contribution in [0.2, 0.25) is 0 Å². The van der Waals surface area contributed by atoms with Crippen LogP contribution in [0.1, 0.15) is 57.2 Å². The predicted octanol–water partition coefficient (Wildman–Crippen LogP) is 0.792. The van der Waals surface area contributed by atoms with E-state index in [1.54, 1.807) is 39.0 Å². The lowest BCUT2D eigenvalue weighted by atomic mass is 10.0. The molecule has 42 heavy (non-hydrogen) atoms. The lowest BCUT2D eigenvalue weighted by Crippen LogP contribution is -2.52. The van der Waals surface area contributed by atoms with Gasteiger partial charge in [0.25, 0.3) is 0 Å². The number of piperidine rings is 1. The fraction of sp³-hybridized carbons (Fsp3) is 0.679. The van der Waals surface area contributed by atoms with Gasteiger partial charge in [0.1, 0.15) is 18.1 Å². The maximum atomic E-state index is 12.3. The Balaban J connectivity index is 1.20. The van der Waals surface area contributed by atoms with Gasteiger partial charge in [0.05, 0.1) is 58.9 Å². The molecular weight excluding hydrogens is 552 g/mol. The number of fused-ring (bicyclic) bond motifs is 1. The zero-order chi connectivity index (χ0) is 30.5. The standard InChI is InChI=1S/C28H44N4O10/c1-28(2,3)42-27(37)30-10-12-39-14-16-41-18-17-40-15-13-38-11-9-29-20-6-4-5-19-23(20)26(36)32(25(19)35)21-7-8-22(33)31-24(21)34/h4-6,21,25-26,29,35-36H,7-18H2,1-3H3,(H,30,37)(H,31,33,34). The van der Waals surface area contributed by atoms with Gasteiger partial charge in [0.2, 0.25) is 11.8 Å². The third-order valence-electron chi connectivity index (χ3n) is 6.40. The number of ether oxygens (including phenoxy) is 5. The first-order valence-electron chi connectivity index (χ1n) is 14.2. The Kier molecular flexibility index (Phi) is 13.4. The molecule has 1 aromatic rings. The van der Waals surface area contributed by atoms with Crippen LogP contribution in [0.5, 0.6) is 0 Å². The number of aliphatic hydroxyl groups is 2. The average molecular weight is 597 g/mol. The van der Waals surface area contributed by atoms with E-state index < -0.39 is 36.1 Å². The molecule has 14 nitrogen and oxygen atoms in total. The summed E-state index contributed by atoms with van der Waals surface area (Å²) in [4.78, 5) is 36.7. The number of alkyl carbamates (subject to hydrolysis) is 1. The molecular formula is C28H44N4O10. The molecule has 0 aliphatic carbocycles. The summed E-state index contributed by atoms with van der Waals surface area (Å²) in [5, 5.41) is 29.9. The Morgan fingerprint density at radius 2 is 1.52 bits per heavy atom. The fourth-order valence-electron chi connectivity index (χ4n) is 4.56. The Morgan fingerprint density at radius 3 is 2.12 bits per heavy atom. The molecule has 14 heteroatoms. The van der Waals surface area contributed by atoms with E-state index in [1.807, 2.05) is 0 Å². The minimum Gasteiger partial charge on any atom is -0.444 e. The Hall–Kier alpha value is -2.85. The first-order chi connectivity index (χ1) is 20.1. The first-order valence-corrected chi connectivity index (χ1v) is 14.2. The van der Waals surface area contributed by atoms with Gasteiger partial charge in [-0.2, -0.15) is 0 Å². The number of nitrogens with zero attached hydrogens (tertiary/aromatic N) is 1. The normalized spacial score (nSPS) is 20.7. The van der Waals surface area contributed by atoms with Crippen molar-refractivity contribution in [3.8, 4) is 0 Å². The van der Waals surface area contributed by atoms with Crippen molar-refractivity contribution in [1.29, 1.82) is 0 Å². The third kappa shape index (κ3) is 10.5. The number of rotatable bonds is 17. The monoisotopic (exact) mass is 596 g/mol. The molecule has 3 amide bonds. The molecule has 0 saturated carbocycles. The third-order valence-corrected chi connectivity index (χ3v) is 6.40. The van der Waals surface area contributed by atoms with Crippen molar-refractivity contribution in [2.45, 2.75) is 57.7 Å². The number of carbonyl (C=O) groups is 3. The van der Waals surface area contributed by atoms with Crippen LogP contribution in [-0.4, -0.2) is 111 Å². The lowest BCUT2D eigenvalue weighted by molar-refractivity contribution is -0.154. The molecule has 2 heterocycles. The number of aliphatic hydroxyl groups excluding tert-OH is 2. The number of hydrogen-bond donors (Lipinski definition) is 5. The smallest absolute Gasteiger partial charge is 0.407 e. The zero-order valence-electron chi connectivity index (χ0n) is 24.6. The van der Waals surface area contributed by atoms with Crippen molar-refractivity contribution in [2.75, 3.05) is 71.3 Å². The predicted molar refractivity (Wildman–Crippen MR) is 150 cm³/mol. The second-order valence-electron chi connectivity index (χ2n) is 10.8. The summed E-state index contributed by atoms with van der Waals surface area (Å²) in [5.41, 5.74) is 1.11. The van der Waals surface area contributed by atoms with E-state index in [-0.39, 0.29) is 18.7 Å². The summed E-state index contributed by atoms with van der Waals surface area (Å²) in [6.45, 7) is 9.42. The maximum Gasteiger partial charge on any atom is 0.407 e. The van der Waals surface area contributed by atoms with E-state index in [0.717, 1.165) is 0 Å². The first kappa shape index (κ1) is 33.6. The lowest BCUT2D eigenvalue weighted by Gasteiger charge is -2.34. The molecule has 0 bridgehead atoms. The van der Waals surface area contributed by atoms with E-state index in [1.165, 1.54) is 4.90 Å². The van der Waals surface area contributed by atoms with Gasteiger partial charge in [-0.25, -0.2) is 9.69 Å². The number of hydrogen-bond acceptors (Lipinski definition) is 12. The molecule has 2 aliphatic rings. The number of imide groups is 1. The maximum absolute atomic E-state index is 12.3. The summed E-state index contributed by atoms with van der Waals surface area (Å²) >= 11 is 0. The Bertz CT molecular complexity index is 1030. The highest BCUT2D eigenvalue weighted by atomic mass is 16.6. The number of anilines is 1. The van der Waals surface area contributed by atoms with E-state index >= 15 is 0 Å². The number of benzene rings is 1. The minimum atomic E-state index is -1.20. The molecule has 1 saturated heterocycles. The van der Waals surface area contributed by atoms with Crippen LogP contribution in [0.25, 0.3) is 0 Å². The molecule has 3 unspecified atom stereocenters. The Labute approximate surface area is 245 Å². The summed E-state index contributed by atoms with van der Waals surface area (Å²) in [6.07, 6.45) is -2.47. The van der Waals surface area contributed by atoms with Gasteiger partial charge in [-0.1, -0.05) is 12.1 Å². The molecule has 3 rings (SSSR count). The van der Waals surface area contributed by atoms with Gasteiger partial charge in [0, 0.05) is 36.3 Å². The van der Waals surface area contributed by atoms with Gasteiger partial charge in [-0.05, 0) is 33.3 Å². The molecule has 2 aliphatic heterocycles. The van der Waals surface area contributed by atoms with E-state index in [9.17, 15) is 24.6 Å². The summed E-state index contributed by atoms with van der Waals surface area (Å²) in [7, 11) is 0. The van der Waals surface area contributed by atoms with Gasteiger partial charge >= 0.3 is 6.09 Å². The number of amides is 3. The quantitative estimate of drug-likeness (QED) is 0.126. The molecule has 1 aromatic carbocycles. The van der Waals surface area contributed by atoms with Crippen LogP contribution in [0, 0.1) is 0 Å². The van der Waals surface area contributed by atoms with Crippen LogP contribution in [0.15, 0.2) is 18.2 Å². The Morgan fingerprint density at radius 1 is 0.929 bits per heavy atom. The molecule has 0 radical (unpaired) electrons. The van der Waals surface area contributed by atoms with Crippen LogP contribution >= 0.6 is 0 Å². The zero-order valence-corrected chi connectivity index (χ0v) is 24.6. The largest absolute Gasteiger partial charge is 0.444 e. The molecule has 5 N–H and O–H groups in total. The van der Waals surface area contributed by atoms with Crippen molar-refractivity contribution in [2.24, 2.45) is 0 Å². The summed E-state index contributed by atoms with van der Waals surface area (Å²) in [6, 6.07) is 4.45.